The maximum atomic E-state index is 6.14. The van der Waals surface area contributed by atoms with E-state index >= 15 is 0 Å². The first kappa shape index (κ1) is 13.3. The van der Waals surface area contributed by atoms with Gasteiger partial charge < -0.3 is 10.1 Å². The molecule has 0 aromatic carbocycles. The lowest BCUT2D eigenvalue weighted by atomic mass is 10.2. The molecule has 1 aliphatic carbocycles. The van der Waals surface area contributed by atoms with Crippen LogP contribution in [0, 0.1) is 6.92 Å². The van der Waals surface area contributed by atoms with Crippen LogP contribution in [-0.4, -0.2) is 17.6 Å². The summed E-state index contributed by atoms with van der Waals surface area (Å²) in [6, 6.07) is 2.07. The van der Waals surface area contributed by atoms with Gasteiger partial charge in [0.2, 0.25) is 0 Å². The molecule has 0 aliphatic heterocycles. The molecule has 1 aromatic heterocycles. The van der Waals surface area contributed by atoms with Crippen molar-refractivity contribution in [2.45, 2.75) is 58.6 Å². The van der Waals surface area contributed by atoms with E-state index in [2.05, 4.69) is 23.3 Å². The van der Waals surface area contributed by atoms with Gasteiger partial charge in [0.1, 0.15) is 5.75 Å². The highest BCUT2D eigenvalue weighted by Crippen LogP contribution is 2.26. The van der Waals surface area contributed by atoms with Crippen molar-refractivity contribution in [1.82, 2.24) is 10.3 Å². The normalized spacial score (nSPS) is 16.1. The third-order valence-corrected chi connectivity index (χ3v) is 3.42. The maximum Gasteiger partial charge on any atom is 0.127 e. The van der Waals surface area contributed by atoms with Crippen LogP contribution in [0.4, 0.5) is 0 Å². The predicted octanol–water partition coefficient (Wildman–Crippen LogP) is 3.21. The van der Waals surface area contributed by atoms with Crippen molar-refractivity contribution in [3.63, 3.8) is 0 Å². The summed E-state index contributed by atoms with van der Waals surface area (Å²) in [6.07, 6.45) is 8.51. The van der Waals surface area contributed by atoms with Gasteiger partial charge in [-0.15, -0.1) is 0 Å². The maximum absolute atomic E-state index is 6.14. The van der Waals surface area contributed by atoms with Crippen molar-refractivity contribution in [2.24, 2.45) is 0 Å². The molecule has 3 heteroatoms. The van der Waals surface area contributed by atoms with Gasteiger partial charge in [0.25, 0.3) is 0 Å². The van der Waals surface area contributed by atoms with Crippen molar-refractivity contribution in [3.05, 3.63) is 23.5 Å². The fourth-order valence-corrected chi connectivity index (χ4v) is 2.39. The van der Waals surface area contributed by atoms with Crippen LogP contribution < -0.4 is 10.1 Å². The topological polar surface area (TPSA) is 34.2 Å². The number of hydrogen-bond donors (Lipinski definition) is 1. The van der Waals surface area contributed by atoms with Gasteiger partial charge in [-0.2, -0.15) is 0 Å². The van der Waals surface area contributed by atoms with E-state index < -0.39 is 0 Å². The van der Waals surface area contributed by atoms with E-state index in [1.807, 2.05) is 13.1 Å². The van der Waals surface area contributed by atoms with Crippen LogP contribution in [0.1, 0.15) is 50.3 Å². The molecule has 1 heterocycles. The fourth-order valence-electron chi connectivity index (χ4n) is 2.39. The lowest BCUT2D eigenvalue weighted by Crippen LogP contribution is -2.17. The summed E-state index contributed by atoms with van der Waals surface area (Å²) in [5.74, 6) is 1.03. The molecular weight excluding hydrogens is 224 g/mol. The highest BCUT2D eigenvalue weighted by atomic mass is 16.5. The summed E-state index contributed by atoms with van der Waals surface area (Å²) in [5, 5.41) is 3.42. The number of hydrogen-bond acceptors (Lipinski definition) is 3. The van der Waals surface area contributed by atoms with E-state index in [0.717, 1.165) is 31.0 Å². The van der Waals surface area contributed by atoms with Gasteiger partial charge in [0, 0.05) is 30.1 Å². The minimum Gasteiger partial charge on any atom is -0.490 e. The number of nitrogens with zero attached hydrogens (tertiary/aromatic N) is 1. The van der Waals surface area contributed by atoms with Gasteiger partial charge in [-0.3, -0.25) is 4.98 Å². The van der Waals surface area contributed by atoms with Gasteiger partial charge in [-0.1, -0.05) is 6.92 Å². The Labute approximate surface area is 110 Å². The van der Waals surface area contributed by atoms with Crippen LogP contribution in [0.2, 0.25) is 0 Å². The molecule has 1 aromatic rings. The Hall–Kier alpha value is -1.09. The SMILES string of the molecule is CCCNCc1cnc(C)cc1OC1CCCC1. The highest BCUT2D eigenvalue weighted by Gasteiger charge is 2.18. The van der Waals surface area contributed by atoms with E-state index in [4.69, 9.17) is 4.74 Å². The third kappa shape index (κ3) is 3.70. The van der Waals surface area contributed by atoms with E-state index in [-0.39, 0.29) is 0 Å². The molecule has 1 fully saturated rings. The van der Waals surface area contributed by atoms with E-state index in [9.17, 15) is 0 Å². The average molecular weight is 248 g/mol. The summed E-state index contributed by atoms with van der Waals surface area (Å²) < 4.78 is 6.14. The standard InChI is InChI=1S/C15H24N2O/c1-3-8-16-10-13-11-17-12(2)9-15(13)18-14-6-4-5-7-14/h9,11,14,16H,3-8,10H2,1-2H3. The summed E-state index contributed by atoms with van der Waals surface area (Å²) in [7, 11) is 0. The van der Waals surface area contributed by atoms with E-state index in [1.165, 1.54) is 31.2 Å². The molecule has 2 rings (SSSR count). The van der Waals surface area contributed by atoms with Gasteiger partial charge in [0.15, 0.2) is 0 Å². The molecular formula is C15H24N2O. The third-order valence-electron chi connectivity index (χ3n) is 3.42. The van der Waals surface area contributed by atoms with E-state index in [1.54, 1.807) is 0 Å². The van der Waals surface area contributed by atoms with E-state index in [0.29, 0.717) is 6.10 Å². The minimum atomic E-state index is 0.414. The van der Waals surface area contributed by atoms with Crippen molar-refractivity contribution in [3.8, 4) is 5.75 Å². The Morgan fingerprint density at radius 3 is 2.89 bits per heavy atom. The molecule has 0 radical (unpaired) electrons. The van der Waals surface area contributed by atoms with Gasteiger partial charge in [-0.05, 0) is 45.6 Å². The van der Waals surface area contributed by atoms with Gasteiger partial charge >= 0.3 is 0 Å². The van der Waals surface area contributed by atoms with Crippen molar-refractivity contribution < 1.29 is 4.74 Å². The second-order valence-electron chi connectivity index (χ2n) is 5.13. The van der Waals surface area contributed by atoms with Crippen LogP contribution in [0.3, 0.4) is 0 Å². The Balaban J connectivity index is 2.02. The molecule has 1 N–H and O–H groups in total. The second kappa shape index (κ2) is 6.74. The second-order valence-corrected chi connectivity index (χ2v) is 5.13. The largest absolute Gasteiger partial charge is 0.490 e. The molecule has 0 saturated heterocycles. The van der Waals surface area contributed by atoms with Gasteiger partial charge in [0.05, 0.1) is 6.10 Å². The molecule has 100 valence electrons. The molecule has 0 unspecified atom stereocenters. The fraction of sp³-hybridized carbons (Fsp3) is 0.667. The smallest absolute Gasteiger partial charge is 0.127 e. The molecule has 0 amide bonds. The van der Waals surface area contributed by atoms with Crippen LogP contribution in [0.15, 0.2) is 12.3 Å². The zero-order valence-electron chi connectivity index (χ0n) is 11.5. The zero-order chi connectivity index (χ0) is 12.8. The average Bonchev–Trinajstić information content (AvgIpc) is 2.85. The van der Waals surface area contributed by atoms with Crippen molar-refractivity contribution in [1.29, 1.82) is 0 Å². The number of aromatic nitrogens is 1. The van der Waals surface area contributed by atoms with Gasteiger partial charge in [-0.25, -0.2) is 0 Å². The lowest BCUT2D eigenvalue weighted by molar-refractivity contribution is 0.207. The number of ether oxygens (including phenoxy) is 1. The number of pyridine rings is 1. The summed E-state index contributed by atoms with van der Waals surface area (Å²) >= 11 is 0. The highest BCUT2D eigenvalue weighted by molar-refractivity contribution is 5.33. The molecule has 1 aliphatic rings. The molecule has 0 bridgehead atoms. The number of aryl methyl sites for hydroxylation is 1. The molecule has 3 nitrogen and oxygen atoms in total. The van der Waals surface area contributed by atoms with Crippen molar-refractivity contribution >= 4 is 0 Å². The molecule has 0 spiro atoms. The first-order valence-corrected chi connectivity index (χ1v) is 7.12. The quantitative estimate of drug-likeness (QED) is 0.785. The number of rotatable bonds is 6. The Kier molecular flexibility index (Phi) is 5.00. The van der Waals surface area contributed by atoms with Crippen LogP contribution in [0.25, 0.3) is 0 Å². The zero-order valence-corrected chi connectivity index (χ0v) is 11.5. The lowest BCUT2D eigenvalue weighted by Gasteiger charge is -2.17. The molecule has 18 heavy (non-hydrogen) atoms. The Morgan fingerprint density at radius 1 is 1.39 bits per heavy atom. The number of nitrogens with one attached hydrogen (secondary N) is 1. The Bertz CT molecular complexity index is 373. The van der Waals surface area contributed by atoms with Crippen LogP contribution >= 0.6 is 0 Å². The summed E-state index contributed by atoms with van der Waals surface area (Å²) in [5.41, 5.74) is 2.21. The molecule has 1 saturated carbocycles. The Morgan fingerprint density at radius 2 is 2.17 bits per heavy atom. The summed E-state index contributed by atoms with van der Waals surface area (Å²) in [6.45, 7) is 6.08. The monoisotopic (exact) mass is 248 g/mol. The minimum absolute atomic E-state index is 0.414. The first-order chi connectivity index (χ1) is 8.79. The van der Waals surface area contributed by atoms with Crippen molar-refractivity contribution in [2.75, 3.05) is 6.54 Å². The summed E-state index contributed by atoms with van der Waals surface area (Å²) in [4.78, 5) is 4.37. The first-order valence-electron chi connectivity index (χ1n) is 7.12. The predicted molar refractivity (Wildman–Crippen MR) is 73.9 cm³/mol. The van der Waals surface area contributed by atoms with Crippen LogP contribution in [-0.2, 0) is 6.54 Å². The molecule has 0 atom stereocenters. The van der Waals surface area contributed by atoms with Crippen LogP contribution in [0.5, 0.6) is 5.75 Å².